The van der Waals surface area contributed by atoms with Crippen LogP contribution in [0.25, 0.3) is 0 Å². The first kappa shape index (κ1) is 22.9. The second-order valence-electron chi connectivity index (χ2n) is 7.99. The number of aromatic nitrogens is 4. The summed E-state index contributed by atoms with van der Waals surface area (Å²) in [5.41, 5.74) is 0.362. The predicted octanol–water partition coefficient (Wildman–Crippen LogP) is 2.70. The molecule has 1 aliphatic carbocycles. The molecule has 3 aromatic rings. The molecule has 1 fully saturated rings. The van der Waals surface area contributed by atoms with Crippen LogP contribution in [0.1, 0.15) is 40.9 Å². The Bertz CT molecular complexity index is 1280. The van der Waals surface area contributed by atoms with E-state index in [1.165, 1.54) is 41.6 Å². The van der Waals surface area contributed by atoms with Gasteiger partial charge in [-0.25, -0.2) is 18.7 Å². The van der Waals surface area contributed by atoms with E-state index < -0.39 is 27.5 Å². The maximum atomic E-state index is 13.9. The highest BCUT2D eigenvalue weighted by molar-refractivity contribution is 7.85. The molecule has 0 saturated heterocycles. The lowest BCUT2D eigenvalue weighted by Crippen LogP contribution is -2.21. The molecule has 4 rings (SSSR count). The molecule has 0 amide bonds. The van der Waals surface area contributed by atoms with E-state index in [0.717, 1.165) is 6.07 Å². The first-order valence-electron chi connectivity index (χ1n) is 10.2. The van der Waals surface area contributed by atoms with Crippen molar-refractivity contribution in [2.75, 3.05) is 11.1 Å². The van der Waals surface area contributed by atoms with E-state index in [1.807, 2.05) is 0 Å². The lowest BCUT2D eigenvalue weighted by Gasteiger charge is -2.15. The Labute approximate surface area is 188 Å². The van der Waals surface area contributed by atoms with E-state index in [4.69, 9.17) is 4.55 Å². The monoisotopic (exact) mass is 477 g/mol. The molecule has 0 spiro atoms. The Morgan fingerprint density at radius 2 is 2.06 bits per heavy atom. The van der Waals surface area contributed by atoms with Gasteiger partial charge in [0, 0.05) is 24.0 Å². The van der Waals surface area contributed by atoms with Crippen molar-refractivity contribution in [3.05, 3.63) is 71.4 Å². The molecular formula is C21H21F2N5O4S. The molecule has 33 heavy (non-hydrogen) atoms. The molecule has 12 heteroatoms. The van der Waals surface area contributed by atoms with Gasteiger partial charge in [0.05, 0.1) is 17.9 Å². The molecule has 0 aliphatic heterocycles. The number of halogens is 2. The van der Waals surface area contributed by atoms with Crippen molar-refractivity contribution in [3.8, 4) is 0 Å². The van der Waals surface area contributed by atoms with Gasteiger partial charge in [-0.2, -0.15) is 13.5 Å². The summed E-state index contributed by atoms with van der Waals surface area (Å²) in [6.45, 7) is -0.0511. The van der Waals surface area contributed by atoms with Crippen molar-refractivity contribution in [3.63, 3.8) is 0 Å². The number of carbonyl (C=O) groups excluding carboxylic acids is 1. The van der Waals surface area contributed by atoms with Gasteiger partial charge in [0.25, 0.3) is 10.1 Å². The number of rotatable bonds is 8. The molecule has 9 nitrogen and oxygen atoms in total. The maximum absolute atomic E-state index is 13.9. The molecule has 1 aliphatic rings. The minimum absolute atomic E-state index is 0.0511. The van der Waals surface area contributed by atoms with E-state index in [2.05, 4.69) is 20.4 Å². The molecule has 0 bridgehead atoms. The Kier molecular flexibility index (Phi) is 6.47. The van der Waals surface area contributed by atoms with Crippen molar-refractivity contribution in [2.24, 2.45) is 5.92 Å². The number of anilines is 1. The van der Waals surface area contributed by atoms with Gasteiger partial charge in [-0.3, -0.25) is 14.0 Å². The van der Waals surface area contributed by atoms with E-state index in [9.17, 15) is 22.0 Å². The summed E-state index contributed by atoms with van der Waals surface area (Å²) < 4.78 is 60.0. The quantitative estimate of drug-likeness (QED) is 0.375. The van der Waals surface area contributed by atoms with Gasteiger partial charge in [-0.15, -0.1) is 0 Å². The van der Waals surface area contributed by atoms with Crippen molar-refractivity contribution in [2.45, 2.75) is 31.8 Å². The fraction of sp³-hybridized carbons (Fsp3) is 0.333. The number of ketones is 1. The second-order valence-corrected chi connectivity index (χ2v) is 9.49. The molecule has 1 saturated carbocycles. The molecule has 2 unspecified atom stereocenters. The molecule has 2 atom stereocenters. The van der Waals surface area contributed by atoms with Gasteiger partial charge in [0.15, 0.2) is 11.6 Å². The summed E-state index contributed by atoms with van der Waals surface area (Å²) in [5, 5.41) is 7.34. The van der Waals surface area contributed by atoms with Crippen molar-refractivity contribution in [1.82, 2.24) is 19.7 Å². The van der Waals surface area contributed by atoms with Crippen LogP contribution in [0.3, 0.4) is 0 Å². The first-order valence-corrected chi connectivity index (χ1v) is 11.8. The third-order valence-electron chi connectivity index (χ3n) is 5.52. The summed E-state index contributed by atoms with van der Waals surface area (Å²) >= 11 is 0. The molecule has 2 N–H and O–H groups in total. The minimum atomic E-state index is -4.05. The van der Waals surface area contributed by atoms with E-state index >= 15 is 0 Å². The van der Waals surface area contributed by atoms with Crippen LogP contribution in [-0.2, 0) is 16.7 Å². The van der Waals surface area contributed by atoms with Crippen LogP contribution in [0, 0.1) is 17.6 Å². The lowest BCUT2D eigenvalue weighted by atomic mass is 10.1. The number of carbonyl (C=O) groups is 1. The third kappa shape index (κ3) is 5.57. The van der Waals surface area contributed by atoms with Gasteiger partial charge < -0.3 is 5.32 Å². The van der Waals surface area contributed by atoms with Crippen LogP contribution < -0.4 is 5.32 Å². The van der Waals surface area contributed by atoms with Gasteiger partial charge >= 0.3 is 0 Å². The number of hydrogen-bond donors (Lipinski definition) is 2. The Morgan fingerprint density at radius 3 is 2.85 bits per heavy atom. The summed E-state index contributed by atoms with van der Waals surface area (Å²) in [7, 11) is -4.05. The Morgan fingerprint density at radius 1 is 1.24 bits per heavy atom. The van der Waals surface area contributed by atoms with Gasteiger partial charge in [0.2, 0.25) is 5.78 Å². The fourth-order valence-corrected chi connectivity index (χ4v) is 4.91. The number of nitrogens with one attached hydrogen (secondary N) is 1. The maximum Gasteiger partial charge on any atom is 0.265 e. The van der Waals surface area contributed by atoms with Crippen LogP contribution in [0.5, 0.6) is 0 Å². The zero-order chi connectivity index (χ0) is 23.6. The molecule has 0 radical (unpaired) electrons. The Balaban J connectivity index is 1.47. The molecule has 2 heterocycles. The van der Waals surface area contributed by atoms with Gasteiger partial charge in [0.1, 0.15) is 17.8 Å². The van der Waals surface area contributed by atoms with Gasteiger partial charge in [-0.05, 0) is 37.3 Å². The highest BCUT2D eigenvalue weighted by Gasteiger charge is 2.29. The van der Waals surface area contributed by atoms with Crippen molar-refractivity contribution in [1.29, 1.82) is 0 Å². The molecule has 2 aromatic heterocycles. The number of benzene rings is 1. The highest BCUT2D eigenvalue weighted by atomic mass is 32.2. The number of hydrogen-bond acceptors (Lipinski definition) is 7. The lowest BCUT2D eigenvalue weighted by molar-refractivity contribution is 0.103. The minimum Gasteiger partial charge on any atom is -0.367 e. The molecule has 174 valence electrons. The zero-order valence-corrected chi connectivity index (χ0v) is 18.2. The van der Waals surface area contributed by atoms with Crippen molar-refractivity contribution < 1.29 is 26.5 Å². The predicted molar refractivity (Wildman–Crippen MR) is 114 cm³/mol. The molecule has 1 aromatic carbocycles. The average Bonchev–Trinajstić information content (AvgIpc) is 3.40. The summed E-state index contributed by atoms with van der Waals surface area (Å²) in [6.07, 6.45) is 5.91. The normalized spacial score (nSPS) is 18.4. The zero-order valence-electron chi connectivity index (χ0n) is 17.4. The summed E-state index contributed by atoms with van der Waals surface area (Å²) in [5.74, 6) is -2.57. The van der Waals surface area contributed by atoms with Crippen LogP contribution >= 0.6 is 0 Å². The van der Waals surface area contributed by atoms with Crippen LogP contribution in [0.4, 0.5) is 14.6 Å². The molecular weight excluding hydrogens is 456 g/mol. The summed E-state index contributed by atoms with van der Waals surface area (Å²) in [6, 6.07) is 5.20. The average molecular weight is 477 g/mol. The first-order chi connectivity index (χ1) is 15.7. The van der Waals surface area contributed by atoms with Gasteiger partial charge in [-0.1, -0.05) is 12.1 Å². The largest absolute Gasteiger partial charge is 0.367 e. The van der Waals surface area contributed by atoms with Crippen molar-refractivity contribution >= 4 is 21.7 Å². The van der Waals surface area contributed by atoms with Crippen LogP contribution in [0.15, 0.2) is 43.0 Å². The highest BCUT2D eigenvalue weighted by Crippen LogP contribution is 2.29. The SMILES string of the molecule is O=C(c1ccn(Cc2cccc(F)c2F)n1)c1cncnc1NC1CCC(CS(=O)(=O)O)C1. The number of nitrogens with zero attached hydrogens (tertiary/aromatic N) is 4. The second kappa shape index (κ2) is 9.32. The topological polar surface area (TPSA) is 127 Å². The standard InChI is InChI=1S/C21H21F2N5O4S/c22-17-3-1-2-14(19(17)23)10-28-7-6-18(27-28)20(29)16-9-24-12-25-21(16)26-15-5-4-13(8-15)11-33(30,31)32/h1-3,6-7,9,12-13,15H,4-5,8,10-11H2,(H,24,25,26)(H,30,31,32). The smallest absolute Gasteiger partial charge is 0.265 e. The summed E-state index contributed by atoms with van der Waals surface area (Å²) in [4.78, 5) is 21.1. The van der Waals surface area contributed by atoms with Crippen LogP contribution in [-0.4, -0.2) is 50.3 Å². The fourth-order valence-electron chi connectivity index (χ4n) is 4.01. The van der Waals surface area contributed by atoms with Crippen LogP contribution in [0.2, 0.25) is 0 Å². The van der Waals surface area contributed by atoms with E-state index in [0.29, 0.717) is 25.1 Å². The third-order valence-corrected chi connectivity index (χ3v) is 6.42. The van der Waals surface area contributed by atoms with E-state index in [1.54, 1.807) is 0 Å². The van der Waals surface area contributed by atoms with E-state index in [-0.39, 0.29) is 41.1 Å². The Hall–Kier alpha value is -3.25.